The predicted molar refractivity (Wildman–Crippen MR) is 156 cm³/mol. The van der Waals surface area contributed by atoms with Crippen LogP contribution in [-0.2, 0) is 16.1 Å². The highest BCUT2D eigenvalue weighted by Crippen LogP contribution is 2.35. The SMILES string of the molecule is CCCCN1C(=O)C(CC(C)C)NC(=O)C12CCN(Cc1ccc(Oc3cncc(Cl)c3)cc1)CC2.Cl.Cl. The van der Waals surface area contributed by atoms with Gasteiger partial charge in [0.05, 0.1) is 11.2 Å². The van der Waals surface area contributed by atoms with Crippen molar-refractivity contribution in [1.82, 2.24) is 20.1 Å². The highest BCUT2D eigenvalue weighted by atomic mass is 35.5. The smallest absolute Gasteiger partial charge is 0.246 e. The molecule has 0 aliphatic carbocycles. The molecule has 4 rings (SSSR count). The largest absolute Gasteiger partial charge is 0.456 e. The molecule has 1 aromatic carbocycles. The lowest BCUT2D eigenvalue weighted by molar-refractivity contribution is -0.161. The van der Waals surface area contributed by atoms with E-state index in [9.17, 15) is 9.59 Å². The Morgan fingerprint density at radius 3 is 2.39 bits per heavy atom. The lowest BCUT2D eigenvalue weighted by Gasteiger charge is -2.52. The van der Waals surface area contributed by atoms with Crippen LogP contribution in [0.3, 0.4) is 0 Å². The van der Waals surface area contributed by atoms with Gasteiger partial charge in [0.2, 0.25) is 11.8 Å². The van der Waals surface area contributed by atoms with Gasteiger partial charge in [-0.05, 0) is 49.3 Å². The van der Waals surface area contributed by atoms with E-state index in [1.165, 1.54) is 5.56 Å². The molecule has 0 radical (unpaired) electrons. The van der Waals surface area contributed by atoms with Crippen molar-refractivity contribution < 1.29 is 14.3 Å². The summed E-state index contributed by atoms with van der Waals surface area (Å²) < 4.78 is 5.84. The molecular formula is C28H39Cl3N4O3. The minimum absolute atomic E-state index is 0. The van der Waals surface area contributed by atoms with Crippen molar-refractivity contribution in [3.8, 4) is 11.5 Å². The number of likely N-dealkylation sites (tertiary alicyclic amines) is 1. The fourth-order valence-corrected chi connectivity index (χ4v) is 5.39. The van der Waals surface area contributed by atoms with Gasteiger partial charge in [0.1, 0.15) is 23.1 Å². The van der Waals surface area contributed by atoms with Gasteiger partial charge in [-0.3, -0.25) is 19.5 Å². The Hall–Kier alpha value is -2.06. The first-order chi connectivity index (χ1) is 17.3. The van der Waals surface area contributed by atoms with Crippen LogP contribution in [-0.4, -0.2) is 57.8 Å². The number of nitrogens with zero attached hydrogens (tertiary/aromatic N) is 3. The maximum absolute atomic E-state index is 13.4. The molecule has 1 aromatic heterocycles. The Morgan fingerprint density at radius 2 is 1.79 bits per heavy atom. The van der Waals surface area contributed by atoms with Gasteiger partial charge < -0.3 is 15.0 Å². The van der Waals surface area contributed by atoms with E-state index in [1.807, 2.05) is 17.0 Å². The van der Waals surface area contributed by atoms with Crippen molar-refractivity contribution in [3.63, 3.8) is 0 Å². The van der Waals surface area contributed by atoms with Crippen molar-refractivity contribution in [2.75, 3.05) is 19.6 Å². The first kappa shape index (κ1) is 32.2. The van der Waals surface area contributed by atoms with Crippen LogP contribution in [0.5, 0.6) is 11.5 Å². The van der Waals surface area contributed by atoms with E-state index in [2.05, 4.69) is 48.1 Å². The number of piperidine rings is 1. The zero-order valence-electron chi connectivity index (χ0n) is 22.3. The third-order valence-electron chi connectivity index (χ3n) is 7.18. The van der Waals surface area contributed by atoms with Gasteiger partial charge in [0.15, 0.2) is 0 Å². The molecule has 2 aliphatic heterocycles. The minimum atomic E-state index is -0.723. The number of benzene rings is 1. The normalized spacial score (nSPS) is 19.1. The van der Waals surface area contributed by atoms with Crippen LogP contribution in [0.1, 0.15) is 58.4 Å². The summed E-state index contributed by atoms with van der Waals surface area (Å²) >= 11 is 5.98. The third-order valence-corrected chi connectivity index (χ3v) is 7.39. The van der Waals surface area contributed by atoms with Crippen LogP contribution in [0.15, 0.2) is 42.7 Å². The third kappa shape index (κ3) is 7.53. The number of hydrogen-bond acceptors (Lipinski definition) is 5. The molecule has 2 fully saturated rings. The Kier molecular flexibility index (Phi) is 12.2. The Morgan fingerprint density at radius 1 is 1.11 bits per heavy atom. The monoisotopic (exact) mass is 584 g/mol. The van der Waals surface area contributed by atoms with Crippen molar-refractivity contribution in [1.29, 1.82) is 0 Å². The molecule has 3 heterocycles. The number of carbonyl (C=O) groups excluding carboxylic acids is 2. The number of halogens is 3. The molecule has 2 amide bonds. The second-order valence-corrected chi connectivity index (χ2v) is 10.8. The van der Waals surface area contributed by atoms with Gasteiger partial charge in [-0.25, -0.2) is 0 Å². The van der Waals surface area contributed by atoms with E-state index < -0.39 is 11.6 Å². The number of piperazine rings is 1. The number of carbonyl (C=O) groups is 2. The summed E-state index contributed by atoms with van der Waals surface area (Å²) in [5.74, 6) is 1.79. The number of ether oxygens (including phenoxy) is 1. The zero-order valence-corrected chi connectivity index (χ0v) is 24.7. The van der Waals surface area contributed by atoms with Crippen LogP contribution >= 0.6 is 36.4 Å². The van der Waals surface area contributed by atoms with Gasteiger partial charge in [-0.15, -0.1) is 24.8 Å². The van der Waals surface area contributed by atoms with E-state index in [0.29, 0.717) is 42.5 Å². The van der Waals surface area contributed by atoms with Crippen molar-refractivity contribution in [2.24, 2.45) is 5.92 Å². The highest BCUT2D eigenvalue weighted by molar-refractivity contribution is 6.30. The van der Waals surface area contributed by atoms with Crippen molar-refractivity contribution in [2.45, 2.75) is 71.0 Å². The molecule has 210 valence electrons. The van der Waals surface area contributed by atoms with Crippen LogP contribution in [0.4, 0.5) is 0 Å². The molecule has 2 aliphatic rings. The molecule has 38 heavy (non-hydrogen) atoms. The number of rotatable bonds is 9. The summed E-state index contributed by atoms with van der Waals surface area (Å²) in [5.41, 5.74) is 0.449. The minimum Gasteiger partial charge on any atom is -0.456 e. The first-order valence-electron chi connectivity index (χ1n) is 13.0. The van der Waals surface area contributed by atoms with Crippen LogP contribution in [0.2, 0.25) is 5.02 Å². The Balaban J connectivity index is 0.00000253. The van der Waals surface area contributed by atoms with Gasteiger partial charge in [-0.2, -0.15) is 0 Å². The summed E-state index contributed by atoms with van der Waals surface area (Å²) in [6.07, 6.45) is 7.11. The van der Waals surface area contributed by atoms with E-state index >= 15 is 0 Å². The van der Waals surface area contributed by atoms with E-state index in [-0.39, 0.29) is 36.6 Å². The van der Waals surface area contributed by atoms with E-state index in [4.69, 9.17) is 16.3 Å². The standard InChI is InChI=1S/C28H37ClN4O3.2ClH/c1-4-5-12-33-26(34)25(15-20(2)3)31-27(35)28(33)10-13-32(14-11-28)19-21-6-8-23(9-7-21)36-24-16-22(29)17-30-18-24;;/h6-9,16-18,20,25H,4-5,10-15,19H2,1-3H3,(H,31,35);2*1H. The Labute approximate surface area is 243 Å². The van der Waals surface area contributed by atoms with Gasteiger partial charge >= 0.3 is 0 Å². The zero-order chi connectivity index (χ0) is 25.7. The van der Waals surface area contributed by atoms with E-state index in [0.717, 1.165) is 38.2 Å². The molecule has 7 nitrogen and oxygen atoms in total. The summed E-state index contributed by atoms with van der Waals surface area (Å²) in [4.78, 5) is 35.1. The molecule has 2 aromatic rings. The second kappa shape index (κ2) is 14.4. The van der Waals surface area contributed by atoms with Crippen molar-refractivity contribution >= 4 is 48.2 Å². The molecule has 1 N–H and O–H groups in total. The number of aromatic nitrogens is 1. The van der Waals surface area contributed by atoms with Crippen LogP contribution < -0.4 is 10.1 Å². The second-order valence-electron chi connectivity index (χ2n) is 10.4. The number of unbranched alkanes of at least 4 members (excludes halogenated alkanes) is 1. The Bertz CT molecular complexity index is 1060. The molecule has 2 saturated heterocycles. The quantitative estimate of drug-likeness (QED) is 0.398. The topological polar surface area (TPSA) is 74.8 Å². The number of amides is 2. The number of pyridine rings is 1. The fraction of sp³-hybridized carbons (Fsp3) is 0.536. The summed E-state index contributed by atoms with van der Waals surface area (Å²) in [6.45, 7) is 9.28. The molecular weight excluding hydrogens is 547 g/mol. The summed E-state index contributed by atoms with van der Waals surface area (Å²) in [6, 6.07) is 9.32. The number of nitrogens with one attached hydrogen (secondary N) is 1. The molecule has 1 spiro atoms. The average molecular weight is 586 g/mol. The predicted octanol–water partition coefficient (Wildman–Crippen LogP) is 5.88. The molecule has 0 saturated carbocycles. The highest BCUT2D eigenvalue weighted by Gasteiger charge is 2.53. The first-order valence-corrected chi connectivity index (χ1v) is 13.4. The van der Waals surface area contributed by atoms with Crippen LogP contribution in [0, 0.1) is 5.92 Å². The van der Waals surface area contributed by atoms with Gasteiger partial charge in [0.25, 0.3) is 0 Å². The fourth-order valence-electron chi connectivity index (χ4n) is 5.23. The van der Waals surface area contributed by atoms with Crippen molar-refractivity contribution in [3.05, 3.63) is 53.3 Å². The maximum atomic E-state index is 13.4. The summed E-state index contributed by atoms with van der Waals surface area (Å²) in [5, 5.41) is 3.61. The molecule has 1 unspecified atom stereocenters. The molecule has 1 atom stereocenters. The van der Waals surface area contributed by atoms with Gasteiger partial charge in [0, 0.05) is 38.4 Å². The lowest BCUT2D eigenvalue weighted by atomic mass is 9.80. The van der Waals surface area contributed by atoms with E-state index in [1.54, 1.807) is 18.5 Å². The lowest BCUT2D eigenvalue weighted by Crippen LogP contribution is -2.73. The van der Waals surface area contributed by atoms with Gasteiger partial charge in [-0.1, -0.05) is 50.9 Å². The molecule has 10 heteroatoms. The maximum Gasteiger partial charge on any atom is 0.246 e. The van der Waals surface area contributed by atoms with Crippen LogP contribution in [0.25, 0.3) is 0 Å². The molecule has 0 bridgehead atoms. The number of hydrogen-bond donors (Lipinski definition) is 1. The summed E-state index contributed by atoms with van der Waals surface area (Å²) in [7, 11) is 0. The average Bonchev–Trinajstić information content (AvgIpc) is 2.85.